The van der Waals surface area contributed by atoms with E-state index in [1.807, 2.05) is 91.0 Å². The van der Waals surface area contributed by atoms with Crippen LogP contribution in [-0.4, -0.2) is 40.8 Å². The Kier molecular flexibility index (Phi) is 8.93. The Morgan fingerprint density at radius 2 is 1.48 bits per heavy atom. The van der Waals surface area contributed by atoms with E-state index in [4.69, 9.17) is 9.73 Å². The molecule has 0 aromatic heterocycles. The van der Waals surface area contributed by atoms with E-state index in [1.165, 1.54) is 22.9 Å². The molecule has 1 N–H and O–H groups in total. The number of carbonyl (C=O) groups excluding carboxylic acids is 2. The number of hydrogen-bond donors (Lipinski definition) is 1. The van der Waals surface area contributed by atoms with Crippen LogP contribution in [-0.2, 0) is 9.59 Å². The van der Waals surface area contributed by atoms with Crippen LogP contribution < -0.4 is 10.1 Å². The van der Waals surface area contributed by atoms with E-state index >= 15 is 0 Å². The highest BCUT2D eigenvalue weighted by Gasteiger charge is 2.36. The second-order valence-electron chi connectivity index (χ2n) is 9.47. The number of nitrogens with zero attached hydrogens (tertiary/aromatic N) is 2. The van der Waals surface area contributed by atoms with Crippen LogP contribution in [0.2, 0.25) is 0 Å². The van der Waals surface area contributed by atoms with Crippen LogP contribution >= 0.6 is 11.8 Å². The van der Waals surface area contributed by atoms with Crippen molar-refractivity contribution in [2.24, 2.45) is 4.99 Å². The summed E-state index contributed by atoms with van der Waals surface area (Å²) in [5.74, 6) is 0.514. The van der Waals surface area contributed by atoms with Gasteiger partial charge in [-0.1, -0.05) is 90.6 Å². The third-order valence-electron chi connectivity index (χ3n) is 6.82. The van der Waals surface area contributed by atoms with Crippen LogP contribution in [0, 0.1) is 0 Å². The molecule has 1 heterocycles. The topological polar surface area (TPSA) is 71.0 Å². The van der Waals surface area contributed by atoms with Crippen molar-refractivity contribution in [3.8, 4) is 5.75 Å². The number of hydrogen-bond acceptors (Lipinski definition) is 5. The first-order chi connectivity index (χ1) is 19.6. The molecule has 4 aromatic rings. The van der Waals surface area contributed by atoms with Gasteiger partial charge in [0.2, 0.25) is 11.8 Å². The Morgan fingerprint density at radius 1 is 0.900 bits per heavy atom. The van der Waals surface area contributed by atoms with Crippen molar-refractivity contribution in [1.29, 1.82) is 0 Å². The third kappa shape index (κ3) is 6.79. The van der Waals surface area contributed by atoms with Gasteiger partial charge in [0.1, 0.15) is 11.0 Å². The second kappa shape index (κ2) is 13.1. The van der Waals surface area contributed by atoms with Crippen molar-refractivity contribution in [2.75, 3.05) is 19.0 Å². The summed E-state index contributed by atoms with van der Waals surface area (Å²) in [5, 5.41) is 2.88. The maximum Gasteiger partial charge on any atom is 0.238 e. The van der Waals surface area contributed by atoms with E-state index in [1.54, 1.807) is 12.0 Å². The molecule has 4 aromatic carbocycles. The minimum atomic E-state index is -0.583. The normalized spacial score (nSPS) is 16.2. The average Bonchev–Trinajstić information content (AvgIpc) is 3.00. The van der Waals surface area contributed by atoms with Gasteiger partial charge in [0.25, 0.3) is 0 Å². The summed E-state index contributed by atoms with van der Waals surface area (Å²) >= 11 is 1.33. The van der Waals surface area contributed by atoms with Crippen LogP contribution in [0.4, 0.5) is 11.4 Å². The van der Waals surface area contributed by atoms with Crippen LogP contribution in [0.5, 0.6) is 5.75 Å². The molecule has 1 aliphatic heterocycles. The lowest BCUT2D eigenvalue weighted by Gasteiger charge is -2.33. The Labute approximate surface area is 239 Å². The summed E-state index contributed by atoms with van der Waals surface area (Å²) < 4.78 is 5.28. The molecule has 1 unspecified atom stereocenters. The molecule has 40 heavy (non-hydrogen) atoms. The summed E-state index contributed by atoms with van der Waals surface area (Å²) in [4.78, 5) is 33.3. The van der Waals surface area contributed by atoms with Crippen LogP contribution in [0.3, 0.4) is 0 Å². The maximum atomic E-state index is 13.6. The molecule has 1 aliphatic rings. The fraction of sp³-hybridized carbons (Fsp3) is 0.182. The molecule has 2 amide bonds. The van der Waals surface area contributed by atoms with Gasteiger partial charge < -0.3 is 10.1 Å². The van der Waals surface area contributed by atoms with E-state index in [0.29, 0.717) is 29.5 Å². The van der Waals surface area contributed by atoms with Gasteiger partial charge in [-0.2, -0.15) is 0 Å². The standard InChI is InChI=1S/C33H31N3O3S/c1-39-28-19-17-27(18-20-28)35-33-36(31(37)23-30(40-33)32(38)34-26-15-9-4-10-16-26)22-21-29(24-11-5-2-6-12-24)25-13-7-3-8-14-25/h2-20,29-30H,21-23H2,1H3,(H,34,38). The summed E-state index contributed by atoms with van der Waals surface area (Å²) in [6, 6.07) is 37.3. The number of aliphatic imine (C=N–C) groups is 1. The summed E-state index contributed by atoms with van der Waals surface area (Å²) in [5.41, 5.74) is 3.78. The Balaban J connectivity index is 1.41. The number of amidine groups is 1. The van der Waals surface area contributed by atoms with Crippen molar-refractivity contribution in [3.63, 3.8) is 0 Å². The molecule has 7 heteroatoms. The smallest absolute Gasteiger partial charge is 0.238 e. The van der Waals surface area contributed by atoms with E-state index in [9.17, 15) is 9.59 Å². The SMILES string of the molecule is COc1ccc(N=C2SC(C(=O)Nc3ccccc3)CC(=O)N2CCC(c2ccccc2)c2ccccc2)cc1. The minimum Gasteiger partial charge on any atom is -0.497 e. The van der Waals surface area contributed by atoms with E-state index in [2.05, 4.69) is 29.6 Å². The molecule has 0 saturated carbocycles. The first-order valence-electron chi connectivity index (χ1n) is 13.3. The van der Waals surface area contributed by atoms with Crippen molar-refractivity contribution in [1.82, 2.24) is 4.90 Å². The number of anilines is 1. The number of ether oxygens (including phenoxy) is 1. The van der Waals surface area contributed by atoms with Gasteiger partial charge in [-0.05, 0) is 53.9 Å². The number of rotatable bonds is 9. The van der Waals surface area contributed by atoms with E-state index < -0.39 is 5.25 Å². The van der Waals surface area contributed by atoms with Gasteiger partial charge in [0.05, 0.1) is 12.8 Å². The first-order valence-corrected chi connectivity index (χ1v) is 14.1. The quantitative estimate of drug-likeness (QED) is 0.247. The molecule has 0 spiro atoms. The number of para-hydroxylation sites is 1. The Hall–Kier alpha value is -4.36. The molecule has 1 atom stereocenters. The van der Waals surface area contributed by atoms with Gasteiger partial charge in [-0.3, -0.25) is 14.5 Å². The number of nitrogens with one attached hydrogen (secondary N) is 1. The fourth-order valence-corrected chi connectivity index (χ4v) is 5.85. The van der Waals surface area contributed by atoms with Crippen LogP contribution in [0.15, 0.2) is 120 Å². The van der Waals surface area contributed by atoms with Gasteiger partial charge >= 0.3 is 0 Å². The molecule has 202 valence electrons. The van der Waals surface area contributed by atoms with Crippen molar-refractivity contribution in [3.05, 3.63) is 126 Å². The molecule has 5 rings (SSSR count). The van der Waals surface area contributed by atoms with Crippen LogP contribution in [0.25, 0.3) is 0 Å². The number of thioether (sulfide) groups is 1. The highest BCUT2D eigenvalue weighted by atomic mass is 32.2. The molecule has 1 saturated heterocycles. The molecule has 0 bridgehead atoms. The monoisotopic (exact) mass is 549 g/mol. The molecular formula is C33H31N3O3S. The van der Waals surface area contributed by atoms with Crippen molar-refractivity contribution in [2.45, 2.75) is 24.0 Å². The van der Waals surface area contributed by atoms with Crippen LogP contribution in [0.1, 0.15) is 29.9 Å². The van der Waals surface area contributed by atoms with Gasteiger partial charge in [-0.15, -0.1) is 0 Å². The Bertz CT molecular complexity index is 1410. The number of amides is 2. The Morgan fingerprint density at radius 3 is 2.05 bits per heavy atom. The van der Waals surface area contributed by atoms with E-state index in [0.717, 1.165) is 5.75 Å². The van der Waals surface area contributed by atoms with E-state index in [-0.39, 0.29) is 24.2 Å². The van der Waals surface area contributed by atoms with Crippen molar-refractivity contribution < 1.29 is 14.3 Å². The molecule has 0 aliphatic carbocycles. The van der Waals surface area contributed by atoms with Crippen molar-refractivity contribution >= 4 is 40.1 Å². The molecule has 6 nitrogen and oxygen atoms in total. The maximum absolute atomic E-state index is 13.6. The molecule has 0 radical (unpaired) electrons. The third-order valence-corrected chi connectivity index (χ3v) is 8.00. The number of methoxy groups -OCH3 is 1. The predicted octanol–water partition coefficient (Wildman–Crippen LogP) is 6.88. The lowest BCUT2D eigenvalue weighted by molar-refractivity contribution is -0.129. The van der Waals surface area contributed by atoms with Gasteiger partial charge in [0.15, 0.2) is 5.17 Å². The first kappa shape index (κ1) is 27.2. The predicted molar refractivity (Wildman–Crippen MR) is 162 cm³/mol. The summed E-state index contributed by atoms with van der Waals surface area (Å²) in [6.07, 6.45) is 0.815. The average molecular weight is 550 g/mol. The molecular weight excluding hydrogens is 518 g/mol. The molecule has 1 fully saturated rings. The summed E-state index contributed by atoms with van der Waals surface area (Å²) in [7, 11) is 1.62. The second-order valence-corrected chi connectivity index (χ2v) is 10.6. The zero-order valence-electron chi connectivity index (χ0n) is 22.3. The zero-order chi connectivity index (χ0) is 27.7. The summed E-state index contributed by atoms with van der Waals surface area (Å²) in [6.45, 7) is 0.475. The largest absolute Gasteiger partial charge is 0.497 e. The lowest BCUT2D eigenvalue weighted by atomic mass is 9.88. The number of carbonyl (C=O) groups is 2. The minimum absolute atomic E-state index is 0.103. The highest BCUT2D eigenvalue weighted by molar-refractivity contribution is 8.15. The number of benzene rings is 4. The van der Waals surface area contributed by atoms with Gasteiger partial charge in [-0.25, -0.2) is 4.99 Å². The van der Waals surface area contributed by atoms with Gasteiger partial charge in [0, 0.05) is 24.6 Å². The zero-order valence-corrected chi connectivity index (χ0v) is 23.1. The lowest BCUT2D eigenvalue weighted by Crippen LogP contribution is -2.45. The fourth-order valence-electron chi connectivity index (χ4n) is 4.73. The highest BCUT2D eigenvalue weighted by Crippen LogP contribution is 2.33.